The van der Waals surface area contributed by atoms with Crippen molar-refractivity contribution in [1.82, 2.24) is 5.32 Å². The van der Waals surface area contributed by atoms with Gasteiger partial charge in [-0.05, 0) is 42.3 Å². The monoisotopic (exact) mass is 376 g/mol. The molecule has 1 aliphatic heterocycles. The number of nitrogens with one attached hydrogen (secondary N) is 1. The van der Waals surface area contributed by atoms with Gasteiger partial charge < -0.3 is 10.2 Å². The number of carbonyl (C=O) groups is 2. The minimum atomic E-state index is -0.370. The van der Waals surface area contributed by atoms with Crippen molar-refractivity contribution < 1.29 is 9.59 Å². The Kier molecular flexibility index (Phi) is 5.30. The van der Waals surface area contributed by atoms with E-state index < -0.39 is 0 Å². The molecule has 1 saturated heterocycles. The zero-order chi connectivity index (χ0) is 18.0. The third-order valence-electron chi connectivity index (χ3n) is 4.38. The first kappa shape index (κ1) is 17.8. The van der Waals surface area contributed by atoms with E-state index in [2.05, 4.69) is 5.32 Å². The molecule has 2 amide bonds. The molecule has 1 N–H and O–H groups in total. The number of anilines is 1. The largest absolute Gasteiger partial charge is 0.352 e. The topological polar surface area (TPSA) is 49.4 Å². The van der Waals surface area contributed by atoms with Crippen molar-refractivity contribution in [1.29, 1.82) is 0 Å². The van der Waals surface area contributed by atoms with Crippen LogP contribution in [0.5, 0.6) is 0 Å². The fraction of sp³-hybridized carbons (Fsp3) is 0.263. The van der Waals surface area contributed by atoms with Crippen LogP contribution in [0.25, 0.3) is 0 Å². The van der Waals surface area contributed by atoms with Gasteiger partial charge in [-0.2, -0.15) is 0 Å². The van der Waals surface area contributed by atoms with Gasteiger partial charge in [0.15, 0.2) is 0 Å². The molecule has 0 bridgehead atoms. The van der Waals surface area contributed by atoms with E-state index in [0.29, 0.717) is 23.1 Å². The molecule has 0 spiro atoms. The molecule has 1 atom stereocenters. The van der Waals surface area contributed by atoms with Crippen LogP contribution >= 0.6 is 23.2 Å². The average molecular weight is 377 g/mol. The summed E-state index contributed by atoms with van der Waals surface area (Å²) in [4.78, 5) is 26.4. The van der Waals surface area contributed by atoms with Crippen molar-refractivity contribution in [3.05, 3.63) is 63.6 Å². The maximum atomic E-state index is 12.4. The lowest BCUT2D eigenvalue weighted by Gasteiger charge is -2.19. The second-order valence-electron chi connectivity index (χ2n) is 6.14. The molecule has 3 rings (SSSR count). The third kappa shape index (κ3) is 3.97. The van der Waals surface area contributed by atoms with E-state index in [1.807, 2.05) is 37.3 Å². The minimum Gasteiger partial charge on any atom is -0.352 e. The van der Waals surface area contributed by atoms with Gasteiger partial charge in [-0.3, -0.25) is 9.59 Å². The summed E-state index contributed by atoms with van der Waals surface area (Å²) in [5.74, 6) is -0.561. The molecule has 0 aromatic heterocycles. The van der Waals surface area contributed by atoms with Crippen LogP contribution in [0, 0.1) is 12.8 Å². The van der Waals surface area contributed by atoms with E-state index in [-0.39, 0.29) is 24.2 Å². The summed E-state index contributed by atoms with van der Waals surface area (Å²) in [6, 6.07) is 12.8. The van der Waals surface area contributed by atoms with Gasteiger partial charge in [-0.15, -0.1) is 0 Å². The second kappa shape index (κ2) is 7.46. The maximum absolute atomic E-state index is 12.4. The van der Waals surface area contributed by atoms with Crippen LogP contribution in [0.4, 0.5) is 5.69 Å². The number of nitrogens with zero attached hydrogens (tertiary/aromatic N) is 1. The maximum Gasteiger partial charge on any atom is 0.227 e. The van der Waals surface area contributed by atoms with Crippen LogP contribution in [0.1, 0.15) is 17.5 Å². The Labute approximate surface area is 156 Å². The molecule has 0 saturated carbocycles. The number of amides is 2. The van der Waals surface area contributed by atoms with Crippen molar-refractivity contribution in [2.45, 2.75) is 19.9 Å². The Hall–Kier alpha value is -2.04. The average Bonchev–Trinajstić information content (AvgIpc) is 2.97. The molecule has 1 fully saturated rings. The van der Waals surface area contributed by atoms with E-state index in [9.17, 15) is 9.59 Å². The van der Waals surface area contributed by atoms with Crippen molar-refractivity contribution >= 4 is 40.7 Å². The van der Waals surface area contributed by atoms with Gasteiger partial charge in [0, 0.05) is 35.2 Å². The Morgan fingerprint density at radius 1 is 1.24 bits per heavy atom. The number of carbonyl (C=O) groups excluding carboxylic acids is 2. The van der Waals surface area contributed by atoms with E-state index in [4.69, 9.17) is 23.2 Å². The van der Waals surface area contributed by atoms with Gasteiger partial charge in [0.1, 0.15) is 0 Å². The number of halogens is 2. The number of benzene rings is 2. The second-order valence-corrected chi connectivity index (χ2v) is 6.98. The zero-order valence-electron chi connectivity index (χ0n) is 13.8. The molecule has 25 heavy (non-hydrogen) atoms. The van der Waals surface area contributed by atoms with Crippen LogP contribution in [-0.4, -0.2) is 18.4 Å². The first-order valence-corrected chi connectivity index (χ1v) is 8.79. The number of rotatable bonds is 4. The zero-order valence-corrected chi connectivity index (χ0v) is 15.3. The molecule has 2 aromatic carbocycles. The lowest BCUT2D eigenvalue weighted by Crippen LogP contribution is -2.32. The third-order valence-corrected chi connectivity index (χ3v) is 5.03. The fourth-order valence-electron chi connectivity index (χ4n) is 2.98. The molecular weight excluding hydrogens is 359 g/mol. The Morgan fingerprint density at radius 3 is 2.76 bits per heavy atom. The summed E-state index contributed by atoms with van der Waals surface area (Å²) in [5.41, 5.74) is 2.54. The molecule has 0 radical (unpaired) electrons. The first-order valence-electron chi connectivity index (χ1n) is 8.03. The highest BCUT2D eigenvalue weighted by Gasteiger charge is 2.35. The van der Waals surface area contributed by atoms with E-state index in [0.717, 1.165) is 16.8 Å². The molecular formula is C19H18Cl2N2O2. The van der Waals surface area contributed by atoms with Crippen LogP contribution in [0.3, 0.4) is 0 Å². The molecule has 2 aromatic rings. The summed E-state index contributed by atoms with van der Waals surface area (Å²) in [6.45, 7) is 2.62. The van der Waals surface area contributed by atoms with Gasteiger partial charge >= 0.3 is 0 Å². The van der Waals surface area contributed by atoms with Gasteiger partial charge in [0.25, 0.3) is 0 Å². The van der Waals surface area contributed by atoms with Crippen molar-refractivity contribution in [3.8, 4) is 0 Å². The van der Waals surface area contributed by atoms with Crippen molar-refractivity contribution in [3.63, 3.8) is 0 Å². The van der Waals surface area contributed by atoms with E-state index >= 15 is 0 Å². The molecule has 1 aliphatic rings. The highest BCUT2D eigenvalue weighted by Crippen LogP contribution is 2.31. The highest BCUT2D eigenvalue weighted by molar-refractivity contribution is 6.32. The minimum absolute atomic E-state index is 0.0618. The lowest BCUT2D eigenvalue weighted by molar-refractivity contribution is -0.126. The van der Waals surface area contributed by atoms with Crippen LogP contribution < -0.4 is 10.2 Å². The van der Waals surface area contributed by atoms with E-state index in [1.165, 1.54) is 0 Å². The SMILES string of the molecule is Cc1c(Cl)cccc1N1C[C@H](C(=O)NCc2cccc(Cl)c2)CC1=O. The smallest absolute Gasteiger partial charge is 0.227 e. The number of hydrogen-bond acceptors (Lipinski definition) is 2. The number of hydrogen-bond donors (Lipinski definition) is 1. The Bertz CT molecular complexity index is 823. The standard InChI is InChI=1S/C19H18Cl2N2O2/c1-12-16(21)6-3-7-17(12)23-11-14(9-18(23)24)19(25)22-10-13-4-2-5-15(20)8-13/h2-8,14H,9-11H2,1H3,(H,22,25)/t14-/m1/s1. The van der Waals surface area contributed by atoms with Crippen molar-refractivity contribution in [2.75, 3.05) is 11.4 Å². The van der Waals surface area contributed by atoms with Crippen LogP contribution in [-0.2, 0) is 16.1 Å². The molecule has 0 unspecified atom stereocenters. The van der Waals surface area contributed by atoms with Gasteiger partial charge in [-0.1, -0.05) is 41.4 Å². The Morgan fingerprint density at radius 2 is 2.00 bits per heavy atom. The first-order chi connectivity index (χ1) is 12.0. The molecule has 0 aliphatic carbocycles. The van der Waals surface area contributed by atoms with E-state index in [1.54, 1.807) is 17.0 Å². The normalized spacial score (nSPS) is 17.0. The summed E-state index contributed by atoms with van der Waals surface area (Å²) >= 11 is 12.1. The van der Waals surface area contributed by atoms with Crippen molar-refractivity contribution in [2.24, 2.45) is 5.92 Å². The molecule has 6 heteroatoms. The summed E-state index contributed by atoms with van der Waals surface area (Å²) < 4.78 is 0. The van der Waals surface area contributed by atoms with Gasteiger partial charge in [-0.25, -0.2) is 0 Å². The van der Waals surface area contributed by atoms with Crippen LogP contribution in [0.15, 0.2) is 42.5 Å². The fourth-order valence-corrected chi connectivity index (χ4v) is 3.37. The van der Waals surface area contributed by atoms with Crippen LogP contribution in [0.2, 0.25) is 10.0 Å². The predicted molar refractivity (Wildman–Crippen MR) is 99.9 cm³/mol. The highest BCUT2D eigenvalue weighted by atomic mass is 35.5. The summed E-state index contributed by atoms with van der Waals surface area (Å²) in [5, 5.41) is 4.12. The Balaban J connectivity index is 1.65. The van der Waals surface area contributed by atoms with Gasteiger partial charge in [0.05, 0.1) is 5.92 Å². The summed E-state index contributed by atoms with van der Waals surface area (Å²) in [6.07, 6.45) is 0.202. The lowest BCUT2D eigenvalue weighted by atomic mass is 10.1. The summed E-state index contributed by atoms with van der Waals surface area (Å²) in [7, 11) is 0. The predicted octanol–water partition coefficient (Wildman–Crippen LogP) is 3.97. The molecule has 4 nitrogen and oxygen atoms in total. The van der Waals surface area contributed by atoms with Gasteiger partial charge in [0.2, 0.25) is 11.8 Å². The molecule has 1 heterocycles. The quantitative estimate of drug-likeness (QED) is 0.877. The molecule has 130 valence electrons.